The van der Waals surface area contributed by atoms with Crippen LogP contribution in [-0.4, -0.2) is 37.1 Å². The number of rotatable bonds is 6. The second-order valence-electron chi connectivity index (χ2n) is 5.65. The summed E-state index contributed by atoms with van der Waals surface area (Å²) in [5.74, 6) is 2.13. The summed E-state index contributed by atoms with van der Waals surface area (Å²) in [5, 5.41) is 0. The summed E-state index contributed by atoms with van der Waals surface area (Å²) in [6.07, 6.45) is 3.11. The molecule has 1 fully saturated rings. The van der Waals surface area contributed by atoms with Crippen LogP contribution in [0.15, 0.2) is 24.3 Å². The van der Waals surface area contributed by atoms with Crippen molar-refractivity contribution in [1.82, 2.24) is 4.90 Å². The summed E-state index contributed by atoms with van der Waals surface area (Å²) >= 11 is 0. The molecule has 2 rings (SSSR count). The van der Waals surface area contributed by atoms with E-state index in [0.717, 1.165) is 38.3 Å². The number of carbonyl (C=O) groups is 1. The molecule has 1 amide bonds. The van der Waals surface area contributed by atoms with Crippen molar-refractivity contribution in [1.29, 1.82) is 0 Å². The summed E-state index contributed by atoms with van der Waals surface area (Å²) in [5.41, 5.74) is 0. The Balaban J connectivity index is 1.86. The van der Waals surface area contributed by atoms with Gasteiger partial charge in [-0.3, -0.25) is 4.79 Å². The van der Waals surface area contributed by atoms with Gasteiger partial charge >= 0.3 is 0 Å². The molecule has 0 aromatic heterocycles. The first-order valence-electron chi connectivity index (χ1n) is 7.83. The molecule has 0 radical (unpaired) electrons. The van der Waals surface area contributed by atoms with E-state index in [1.807, 2.05) is 29.2 Å². The second-order valence-corrected chi connectivity index (χ2v) is 5.65. The average Bonchev–Trinajstić information content (AvgIpc) is 2.52. The Bertz CT molecular complexity index is 453. The van der Waals surface area contributed by atoms with E-state index in [4.69, 9.17) is 9.47 Å². The maximum atomic E-state index is 12.2. The number of likely N-dealkylation sites (tertiary alicyclic amines) is 1. The molecule has 1 aliphatic rings. The zero-order valence-corrected chi connectivity index (χ0v) is 13.0. The minimum absolute atomic E-state index is 0.0622. The van der Waals surface area contributed by atoms with E-state index < -0.39 is 0 Å². The van der Waals surface area contributed by atoms with E-state index in [1.54, 1.807) is 0 Å². The van der Waals surface area contributed by atoms with Crippen LogP contribution in [0.25, 0.3) is 0 Å². The lowest BCUT2D eigenvalue weighted by Gasteiger charge is -2.30. The van der Waals surface area contributed by atoms with Gasteiger partial charge in [-0.2, -0.15) is 0 Å². The highest BCUT2D eigenvalue weighted by Crippen LogP contribution is 2.26. The van der Waals surface area contributed by atoms with Gasteiger partial charge in [0.25, 0.3) is 5.91 Å². The lowest BCUT2D eigenvalue weighted by Crippen LogP contribution is -2.40. The Hall–Kier alpha value is -1.71. The number of amides is 1. The van der Waals surface area contributed by atoms with Gasteiger partial charge in [0.2, 0.25) is 0 Å². The molecule has 0 N–H and O–H groups in total. The number of para-hydroxylation sites is 2. The average molecular weight is 291 g/mol. The molecule has 4 heteroatoms. The third-order valence-electron chi connectivity index (χ3n) is 3.80. The maximum Gasteiger partial charge on any atom is 0.260 e. The smallest absolute Gasteiger partial charge is 0.260 e. The predicted molar refractivity (Wildman–Crippen MR) is 82.7 cm³/mol. The van der Waals surface area contributed by atoms with E-state index in [9.17, 15) is 4.79 Å². The predicted octanol–water partition coefficient (Wildman–Crippen LogP) is 3.11. The largest absolute Gasteiger partial charge is 0.490 e. The minimum atomic E-state index is 0.0622. The number of hydrogen-bond donors (Lipinski definition) is 0. The third-order valence-corrected chi connectivity index (χ3v) is 3.80. The molecular weight excluding hydrogens is 266 g/mol. The topological polar surface area (TPSA) is 38.8 Å². The van der Waals surface area contributed by atoms with E-state index in [2.05, 4.69) is 13.8 Å². The molecule has 1 heterocycles. The van der Waals surface area contributed by atoms with Crippen molar-refractivity contribution in [2.45, 2.75) is 33.1 Å². The molecule has 21 heavy (non-hydrogen) atoms. The first-order valence-corrected chi connectivity index (χ1v) is 7.83. The third kappa shape index (κ3) is 4.66. The van der Waals surface area contributed by atoms with Crippen LogP contribution in [-0.2, 0) is 4.79 Å². The monoisotopic (exact) mass is 291 g/mol. The van der Waals surface area contributed by atoms with Crippen LogP contribution in [0.4, 0.5) is 0 Å². The molecule has 116 valence electrons. The van der Waals surface area contributed by atoms with E-state index >= 15 is 0 Å². The zero-order valence-electron chi connectivity index (χ0n) is 13.0. The first-order chi connectivity index (χ1) is 10.2. The van der Waals surface area contributed by atoms with Gasteiger partial charge in [0.05, 0.1) is 6.61 Å². The van der Waals surface area contributed by atoms with Crippen LogP contribution in [0.5, 0.6) is 11.5 Å². The molecule has 4 nitrogen and oxygen atoms in total. The van der Waals surface area contributed by atoms with Gasteiger partial charge in [-0.05, 0) is 37.3 Å². The molecule has 0 spiro atoms. The van der Waals surface area contributed by atoms with Crippen LogP contribution < -0.4 is 9.47 Å². The fourth-order valence-electron chi connectivity index (χ4n) is 2.39. The maximum absolute atomic E-state index is 12.2. The van der Waals surface area contributed by atoms with Crippen molar-refractivity contribution in [3.63, 3.8) is 0 Å². The molecular formula is C17H25NO3. The Morgan fingerprint density at radius 3 is 2.43 bits per heavy atom. The van der Waals surface area contributed by atoms with E-state index in [0.29, 0.717) is 18.1 Å². The molecule has 1 aromatic carbocycles. The Morgan fingerprint density at radius 2 is 1.81 bits per heavy atom. The van der Waals surface area contributed by atoms with Crippen LogP contribution in [0.1, 0.15) is 33.1 Å². The summed E-state index contributed by atoms with van der Waals surface area (Å²) in [4.78, 5) is 14.1. The number of benzene rings is 1. The number of ether oxygens (including phenoxy) is 2. The Morgan fingerprint density at radius 1 is 1.19 bits per heavy atom. The summed E-state index contributed by atoms with van der Waals surface area (Å²) in [6, 6.07) is 7.52. The van der Waals surface area contributed by atoms with Crippen molar-refractivity contribution in [3.8, 4) is 11.5 Å². The number of hydrogen-bond acceptors (Lipinski definition) is 3. The van der Waals surface area contributed by atoms with Crippen LogP contribution in [0.2, 0.25) is 0 Å². The van der Waals surface area contributed by atoms with Crippen LogP contribution >= 0.6 is 0 Å². The van der Waals surface area contributed by atoms with Gasteiger partial charge in [-0.1, -0.05) is 26.0 Å². The lowest BCUT2D eigenvalue weighted by molar-refractivity contribution is -0.134. The molecule has 0 saturated carbocycles. The van der Waals surface area contributed by atoms with Gasteiger partial charge < -0.3 is 14.4 Å². The lowest BCUT2D eigenvalue weighted by atomic mass is 9.99. The number of piperidine rings is 1. The van der Waals surface area contributed by atoms with Gasteiger partial charge in [0.15, 0.2) is 18.1 Å². The fraction of sp³-hybridized carbons (Fsp3) is 0.588. The van der Waals surface area contributed by atoms with Crippen molar-refractivity contribution in [2.24, 2.45) is 5.92 Å². The van der Waals surface area contributed by atoms with Crippen LogP contribution in [0, 0.1) is 5.92 Å². The minimum Gasteiger partial charge on any atom is -0.490 e. The molecule has 0 atom stereocenters. The fourth-order valence-corrected chi connectivity index (χ4v) is 2.39. The van der Waals surface area contributed by atoms with Gasteiger partial charge in [-0.25, -0.2) is 0 Å². The molecule has 0 aliphatic carbocycles. The standard InChI is InChI=1S/C17H25NO3/c1-3-12-20-15-6-4-5-7-16(15)21-13-17(19)18-10-8-14(2)9-11-18/h4-7,14H,3,8-13H2,1-2H3. The van der Waals surface area contributed by atoms with Gasteiger partial charge in [0.1, 0.15) is 0 Å². The highest BCUT2D eigenvalue weighted by atomic mass is 16.5. The van der Waals surface area contributed by atoms with Crippen molar-refractivity contribution < 1.29 is 14.3 Å². The van der Waals surface area contributed by atoms with Crippen molar-refractivity contribution >= 4 is 5.91 Å². The van der Waals surface area contributed by atoms with Gasteiger partial charge in [-0.15, -0.1) is 0 Å². The van der Waals surface area contributed by atoms with Crippen LogP contribution in [0.3, 0.4) is 0 Å². The zero-order chi connectivity index (χ0) is 15.1. The highest BCUT2D eigenvalue weighted by Gasteiger charge is 2.20. The SMILES string of the molecule is CCCOc1ccccc1OCC(=O)N1CCC(C)CC1. The Kier molecular flexibility index (Phi) is 5.90. The summed E-state index contributed by atoms with van der Waals surface area (Å²) in [6.45, 7) is 6.72. The molecule has 1 aliphatic heterocycles. The molecule has 1 saturated heterocycles. The van der Waals surface area contributed by atoms with Crippen molar-refractivity contribution in [3.05, 3.63) is 24.3 Å². The number of carbonyl (C=O) groups excluding carboxylic acids is 1. The quantitative estimate of drug-likeness (QED) is 0.808. The second kappa shape index (κ2) is 7.91. The van der Waals surface area contributed by atoms with E-state index in [-0.39, 0.29) is 12.5 Å². The molecule has 0 bridgehead atoms. The van der Waals surface area contributed by atoms with E-state index in [1.165, 1.54) is 0 Å². The summed E-state index contributed by atoms with van der Waals surface area (Å²) in [7, 11) is 0. The first kappa shape index (κ1) is 15.7. The summed E-state index contributed by atoms with van der Waals surface area (Å²) < 4.78 is 11.3. The molecule has 1 aromatic rings. The number of nitrogens with zero attached hydrogens (tertiary/aromatic N) is 1. The van der Waals surface area contributed by atoms with Crippen molar-refractivity contribution in [2.75, 3.05) is 26.3 Å². The highest BCUT2D eigenvalue weighted by molar-refractivity contribution is 5.78. The normalized spacial score (nSPS) is 15.8. The molecule has 0 unspecified atom stereocenters. The Labute approximate surface area is 127 Å². The van der Waals surface area contributed by atoms with Gasteiger partial charge in [0, 0.05) is 13.1 Å².